The molecule has 0 saturated carbocycles. The van der Waals surface area contributed by atoms with Crippen LogP contribution in [0, 0.1) is 5.41 Å². The van der Waals surface area contributed by atoms with E-state index in [0.29, 0.717) is 19.4 Å². The second kappa shape index (κ2) is 6.13. The van der Waals surface area contributed by atoms with Crippen LogP contribution >= 0.6 is 0 Å². The molecule has 1 fully saturated rings. The molecule has 116 valence electrons. The minimum atomic E-state index is -4.54. The lowest BCUT2D eigenvalue weighted by Gasteiger charge is -2.36. The molecule has 1 saturated heterocycles. The summed E-state index contributed by atoms with van der Waals surface area (Å²) in [6.45, 7) is 3.18. The number of halogens is 3. The zero-order valence-corrected chi connectivity index (χ0v) is 12.0. The van der Waals surface area contributed by atoms with E-state index in [9.17, 15) is 18.0 Å². The topological polar surface area (TPSA) is 42.0 Å². The van der Waals surface area contributed by atoms with E-state index >= 15 is 0 Å². The molecule has 0 aromatic carbocycles. The lowest BCUT2D eigenvalue weighted by Crippen LogP contribution is -2.46. The van der Waals surface area contributed by atoms with Gasteiger partial charge in [0.15, 0.2) is 5.78 Å². The summed E-state index contributed by atoms with van der Waals surface area (Å²) in [6, 6.07) is 0.878. The first kappa shape index (κ1) is 15.9. The number of carbonyl (C=O) groups is 1. The van der Waals surface area contributed by atoms with Crippen molar-refractivity contribution < 1.29 is 18.0 Å². The highest BCUT2D eigenvalue weighted by Gasteiger charge is 2.43. The summed E-state index contributed by atoms with van der Waals surface area (Å²) in [5.41, 5.74) is -1.93. The van der Waals surface area contributed by atoms with E-state index < -0.39 is 22.9 Å². The lowest BCUT2D eigenvalue weighted by molar-refractivity contribution is -0.138. The van der Waals surface area contributed by atoms with Crippen LogP contribution in [0.25, 0.3) is 0 Å². The maximum Gasteiger partial charge on any atom is 0.417 e. The van der Waals surface area contributed by atoms with Gasteiger partial charge in [0.05, 0.1) is 5.56 Å². The van der Waals surface area contributed by atoms with Crippen LogP contribution in [0.1, 0.15) is 48.5 Å². The van der Waals surface area contributed by atoms with Gasteiger partial charge < -0.3 is 5.32 Å². The van der Waals surface area contributed by atoms with Crippen molar-refractivity contribution in [3.63, 3.8) is 0 Å². The van der Waals surface area contributed by atoms with E-state index in [1.54, 1.807) is 0 Å². The highest BCUT2D eigenvalue weighted by atomic mass is 19.4. The second-order valence-corrected chi connectivity index (χ2v) is 5.56. The Labute approximate surface area is 122 Å². The Morgan fingerprint density at radius 3 is 2.81 bits per heavy atom. The molecule has 1 N–H and O–H groups in total. The lowest BCUT2D eigenvalue weighted by atomic mass is 9.71. The molecule has 0 bridgehead atoms. The molecule has 1 aromatic heterocycles. The Bertz CT molecular complexity index is 502. The first-order valence-electron chi connectivity index (χ1n) is 7.17. The third-order valence-electron chi connectivity index (χ3n) is 4.05. The summed E-state index contributed by atoms with van der Waals surface area (Å²) >= 11 is 0. The van der Waals surface area contributed by atoms with Crippen molar-refractivity contribution in [2.45, 2.75) is 38.8 Å². The molecule has 0 amide bonds. The average Bonchev–Trinajstić information content (AvgIpc) is 2.47. The summed E-state index contributed by atoms with van der Waals surface area (Å²) in [7, 11) is 0. The molecule has 21 heavy (non-hydrogen) atoms. The van der Waals surface area contributed by atoms with Crippen LogP contribution in [0.2, 0.25) is 0 Å². The van der Waals surface area contributed by atoms with Gasteiger partial charge in [-0.3, -0.25) is 9.78 Å². The van der Waals surface area contributed by atoms with Crippen molar-refractivity contribution in [1.29, 1.82) is 0 Å². The van der Waals surface area contributed by atoms with Crippen molar-refractivity contribution in [3.05, 3.63) is 29.6 Å². The standard InChI is InChI=1S/C15H19F3N2O/c1-2-5-14(6-3-7-20-10-14)13(21)11-9-19-8-4-12(11)15(16,17)18/h4,8-9,20H,2-3,5-7,10H2,1H3. The second-order valence-electron chi connectivity index (χ2n) is 5.56. The average molecular weight is 300 g/mol. The normalized spacial score (nSPS) is 23.0. The zero-order valence-electron chi connectivity index (χ0n) is 12.0. The Balaban J connectivity index is 2.42. The monoisotopic (exact) mass is 300 g/mol. The van der Waals surface area contributed by atoms with Gasteiger partial charge in [-0.1, -0.05) is 13.3 Å². The molecule has 3 nitrogen and oxygen atoms in total. The van der Waals surface area contributed by atoms with E-state index in [2.05, 4.69) is 10.3 Å². The number of aromatic nitrogens is 1. The van der Waals surface area contributed by atoms with Crippen LogP contribution in [0.5, 0.6) is 0 Å². The maximum atomic E-state index is 13.1. The number of Topliss-reactive ketones (excluding diaryl/α,β-unsaturated/α-hetero) is 1. The van der Waals surface area contributed by atoms with Gasteiger partial charge in [0, 0.05) is 29.9 Å². The summed E-state index contributed by atoms with van der Waals surface area (Å²) in [5, 5.41) is 3.15. The van der Waals surface area contributed by atoms with Crippen molar-refractivity contribution in [2.24, 2.45) is 5.41 Å². The predicted octanol–water partition coefficient (Wildman–Crippen LogP) is 3.45. The van der Waals surface area contributed by atoms with Crippen molar-refractivity contribution in [3.8, 4) is 0 Å². The van der Waals surface area contributed by atoms with Gasteiger partial charge in [-0.25, -0.2) is 0 Å². The number of hydrogen-bond donors (Lipinski definition) is 1. The first-order chi connectivity index (χ1) is 9.91. The Morgan fingerprint density at radius 2 is 2.24 bits per heavy atom. The Morgan fingerprint density at radius 1 is 1.48 bits per heavy atom. The van der Waals surface area contributed by atoms with Gasteiger partial charge in [0.25, 0.3) is 0 Å². The number of ketones is 1. The van der Waals surface area contributed by atoms with E-state index in [1.165, 1.54) is 0 Å². The third kappa shape index (κ3) is 3.26. The molecule has 2 heterocycles. The van der Waals surface area contributed by atoms with Crippen LogP contribution in [0.15, 0.2) is 18.5 Å². The number of nitrogens with one attached hydrogen (secondary N) is 1. The molecule has 1 aliphatic rings. The van der Waals surface area contributed by atoms with Crippen LogP contribution < -0.4 is 5.32 Å². The van der Waals surface area contributed by atoms with E-state index in [4.69, 9.17) is 0 Å². The maximum absolute atomic E-state index is 13.1. The first-order valence-corrected chi connectivity index (χ1v) is 7.17. The van der Waals surface area contributed by atoms with Gasteiger partial charge in [0.2, 0.25) is 0 Å². The summed E-state index contributed by atoms with van der Waals surface area (Å²) < 4.78 is 39.3. The van der Waals surface area contributed by atoms with Gasteiger partial charge >= 0.3 is 6.18 Å². The van der Waals surface area contributed by atoms with Gasteiger partial charge in [-0.2, -0.15) is 13.2 Å². The Kier molecular flexibility index (Phi) is 4.66. The Hall–Kier alpha value is -1.43. The van der Waals surface area contributed by atoms with Crippen molar-refractivity contribution in [1.82, 2.24) is 10.3 Å². The number of nitrogens with zero attached hydrogens (tertiary/aromatic N) is 1. The van der Waals surface area contributed by atoms with Crippen LogP contribution in [-0.2, 0) is 6.18 Å². The van der Waals surface area contributed by atoms with E-state index in [0.717, 1.165) is 37.8 Å². The highest BCUT2D eigenvalue weighted by Crippen LogP contribution is 2.39. The molecule has 6 heteroatoms. The molecule has 1 atom stereocenters. The molecule has 0 aliphatic carbocycles. The molecule has 0 spiro atoms. The van der Waals surface area contributed by atoms with Crippen LogP contribution in [-0.4, -0.2) is 23.9 Å². The summed E-state index contributed by atoms with van der Waals surface area (Å²) in [6.07, 6.45) is 0.359. The number of pyridine rings is 1. The fourth-order valence-corrected chi connectivity index (χ4v) is 3.08. The van der Waals surface area contributed by atoms with Gasteiger partial charge in [0.1, 0.15) is 0 Å². The minimum Gasteiger partial charge on any atom is -0.316 e. The third-order valence-corrected chi connectivity index (χ3v) is 4.05. The van der Waals surface area contributed by atoms with Gasteiger partial charge in [-0.05, 0) is 31.9 Å². The van der Waals surface area contributed by atoms with Crippen molar-refractivity contribution >= 4 is 5.78 Å². The quantitative estimate of drug-likeness (QED) is 0.866. The fourth-order valence-electron chi connectivity index (χ4n) is 3.08. The molecule has 1 aliphatic heterocycles. The predicted molar refractivity (Wildman–Crippen MR) is 73.0 cm³/mol. The summed E-state index contributed by atoms with van der Waals surface area (Å²) in [4.78, 5) is 16.5. The minimum absolute atomic E-state index is 0.304. The van der Waals surface area contributed by atoms with Crippen LogP contribution in [0.4, 0.5) is 13.2 Å². The van der Waals surface area contributed by atoms with E-state index in [-0.39, 0.29) is 5.56 Å². The molecular weight excluding hydrogens is 281 g/mol. The van der Waals surface area contributed by atoms with Crippen LogP contribution in [0.3, 0.4) is 0 Å². The number of hydrogen-bond acceptors (Lipinski definition) is 3. The largest absolute Gasteiger partial charge is 0.417 e. The molecule has 1 unspecified atom stereocenters. The number of piperidine rings is 1. The van der Waals surface area contributed by atoms with Gasteiger partial charge in [-0.15, -0.1) is 0 Å². The highest BCUT2D eigenvalue weighted by molar-refractivity contribution is 6.02. The fraction of sp³-hybridized carbons (Fsp3) is 0.600. The number of alkyl halides is 3. The molecule has 2 rings (SSSR count). The number of rotatable bonds is 4. The molecule has 0 radical (unpaired) electrons. The molecule has 1 aromatic rings. The zero-order chi connectivity index (χ0) is 15.5. The number of carbonyl (C=O) groups excluding carboxylic acids is 1. The molecular formula is C15H19F3N2O. The van der Waals surface area contributed by atoms with Crippen molar-refractivity contribution in [2.75, 3.05) is 13.1 Å². The summed E-state index contributed by atoms with van der Waals surface area (Å²) in [5.74, 6) is -0.433. The smallest absolute Gasteiger partial charge is 0.316 e. The van der Waals surface area contributed by atoms with E-state index in [1.807, 2.05) is 6.92 Å². The SMILES string of the molecule is CCCC1(C(=O)c2cnccc2C(F)(F)F)CCCNC1.